The SMILES string of the molecule is Cc1ccc(Oc2nc(NN)ncc2C)cc1F. The van der Waals surface area contributed by atoms with Crippen LogP contribution in [0.5, 0.6) is 11.6 Å². The highest BCUT2D eigenvalue weighted by Gasteiger charge is 2.07. The Hall–Kier alpha value is -2.21. The van der Waals surface area contributed by atoms with Gasteiger partial charge in [0, 0.05) is 17.8 Å². The number of hydrogen-bond donors (Lipinski definition) is 2. The molecule has 5 nitrogen and oxygen atoms in total. The maximum Gasteiger partial charge on any atom is 0.240 e. The molecule has 6 heteroatoms. The molecule has 1 heterocycles. The fourth-order valence-electron chi connectivity index (χ4n) is 1.35. The lowest BCUT2D eigenvalue weighted by atomic mass is 10.2. The molecule has 0 radical (unpaired) electrons. The highest BCUT2D eigenvalue weighted by Crippen LogP contribution is 2.24. The standard InChI is InChI=1S/C12H13FN4O/c1-7-3-4-9(5-10(7)13)18-11-8(2)6-15-12(16-11)17-14/h3-6H,14H2,1-2H3,(H,15,16,17). The molecular formula is C12H13FN4O. The van der Waals surface area contributed by atoms with E-state index in [0.29, 0.717) is 17.2 Å². The van der Waals surface area contributed by atoms with Crippen molar-refractivity contribution in [1.29, 1.82) is 0 Å². The number of aryl methyl sites for hydroxylation is 2. The number of nitrogens with zero attached hydrogens (tertiary/aromatic N) is 2. The van der Waals surface area contributed by atoms with E-state index in [1.165, 1.54) is 6.07 Å². The van der Waals surface area contributed by atoms with Crippen LogP contribution >= 0.6 is 0 Å². The van der Waals surface area contributed by atoms with Crippen LogP contribution in [0.1, 0.15) is 11.1 Å². The van der Waals surface area contributed by atoms with Gasteiger partial charge in [0.2, 0.25) is 11.8 Å². The molecule has 2 rings (SSSR count). The first-order valence-electron chi connectivity index (χ1n) is 5.34. The van der Waals surface area contributed by atoms with Gasteiger partial charge < -0.3 is 4.74 Å². The summed E-state index contributed by atoms with van der Waals surface area (Å²) in [4.78, 5) is 7.98. The van der Waals surface area contributed by atoms with Gasteiger partial charge in [0.05, 0.1) is 0 Å². The lowest BCUT2D eigenvalue weighted by Gasteiger charge is -2.09. The number of hydrazine groups is 1. The molecule has 0 amide bonds. The van der Waals surface area contributed by atoms with Crippen molar-refractivity contribution in [3.63, 3.8) is 0 Å². The fourth-order valence-corrected chi connectivity index (χ4v) is 1.35. The Kier molecular flexibility index (Phi) is 3.38. The second-order valence-corrected chi connectivity index (χ2v) is 3.84. The molecule has 18 heavy (non-hydrogen) atoms. The molecule has 0 aliphatic heterocycles. The summed E-state index contributed by atoms with van der Waals surface area (Å²) < 4.78 is 18.9. The average Bonchev–Trinajstić information content (AvgIpc) is 2.36. The minimum absolute atomic E-state index is 0.239. The van der Waals surface area contributed by atoms with Crippen molar-refractivity contribution < 1.29 is 9.13 Å². The summed E-state index contributed by atoms with van der Waals surface area (Å²) in [6.07, 6.45) is 1.57. The van der Waals surface area contributed by atoms with E-state index in [1.54, 1.807) is 32.2 Å². The smallest absolute Gasteiger partial charge is 0.240 e. The van der Waals surface area contributed by atoms with Crippen molar-refractivity contribution in [2.24, 2.45) is 5.84 Å². The van der Waals surface area contributed by atoms with Gasteiger partial charge in [-0.15, -0.1) is 0 Å². The van der Waals surface area contributed by atoms with Gasteiger partial charge in [-0.05, 0) is 25.5 Å². The van der Waals surface area contributed by atoms with Gasteiger partial charge in [-0.2, -0.15) is 4.98 Å². The van der Waals surface area contributed by atoms with Gasteiger partial charge in [-0.1, -0.05) is 6.07 Å². The zero-order chi connectivity index (χ0) is 13.1. The molecule has 0 fully saturated rings. The second kappa shape index (κ2) is 4.97. The third-order valence-corrected chi connectivity index (χ3v) is 2.41. The third-order valence-electron chi connectivity index (χ3n) is 2.41. The molecule has 0 saturated carbocycles. The van der Waals surface area contributed by atoms with Crippen LogP contribution in [0.3, 0.4) is 0 Å². The average molecular weight is 248 g/mol. The van der Waals surface area contributed by atoms with E-state index < -0.39 is 0 Å². The lowest BCUT2D eigenvalue weighted by Crippen LogP contribution is -2.11. The third kappa shape index (κ3) is 2.54. The Morgan fingerprint density at radius 1 is 1.28 bits per heavy atom. The van der Waals surface area contributed by atoms with Crippen molar-refractivity contribution in [2.75, 3.05) is 5.43 Å². The topological polar surface area (TPSA) is 73.1 Å². The number of nitrogens with two attached hydrogens (primary N) is 1. The summed E-state index contributed by atoms with van der Waals surface area (Å²) in [6.45, 7) is 3.48. The molecule has 3 N–H and O–H groups in total. The maximum atomic E-state index is 13.4. The number of anilines is 1. The van der Waals surface area contributed by atoms with E-state index in [4.69, 9.17) is 10.6 Å². The molecule has 2 aromatic rings. The number of aromatic nitrogens is 2. The van der Waals surface area contributed by atoms with Crippen LogP contribution in [0.25, 0.3) is 0 Å². The van der Waals surface area contributed by atoms with Gasteiger partial charge >= 0.3 is 0 Å². The molecule has 0 aliphatic carbocycles. The van der Waals surface area contributed by atoms with Crippen molar-refractivity contribution in [2.45, 2.75) is 13.8 Å². The quantitative estimate of drug-likeness (QED) is 0.644. The molecule has 0 unspecified atom stereocenters. The first kappa shape index (κ1) is 12.3. The van der Waals surface area contributed by atoms with Crippen LogP contribution in [-0.4, -0.2) is 9.97 Å². The van der Waals surface area contributed by atoms with Gasteiger partial charge in [-0.3, -0.25) is 5.43 Å². The summed E-state index contributed by atoms with van der Waals surface area (Å²) in [6, 6.07) is 4.63. The Morgan fingerprint density at radius 2 is 2.06 bits per heavy atom. The Labute approximate surface area is 104 Å². The minimum atomic E-state index is -0.323. The summed E-state index contributed by atoms with van der Waals surface area (Å²) >= 11 is 0. The first-order valence-corrected chi connectivity index (χ1v) is 5.34. The Balaban J connectivity index is 2.30. The van der Waals surface area contributed by atoms with E-state index in [-0.39, 0.29) is 11.8 Å². The summed E-state index contributed by atoms with van der Waals surface area (Å²) in [7, 11) is 0. The zero-order valence-corrected chi connectivity index (χ0v) is 10.1. The van der Waals surface area contributed by atoms with Crippen LogP contribution in [0, 0.1) is 19.7 Å². The summed E-state index contributed by atoms with van der Waals surface area (Å²) in [5.74, 6) is 5.84. The molecule has 1 aromatic heterocycles. The molecule has 0 bridgehead atoms. The first-order chi connectivity index (χ1) is 8.60. The largest absolute Gasteiger partial charge is 0.438 e. The molecule has 1 aromatic carbocycles. The van der Waals surface area contributed by atoms with E-state index in [1.807, 2.05) is 0 Å². The molecule has 0 saturated heterocycles. The Morgan fingerprint density at radius 3 is 2.72 bits per heavy atom. The number of nitrogen functional groups attached to an aromatic ring is 1. The highest BCUT2D eigenvalue weighted by molar-refractivity contribution is 5.36. The molecule has 0 atom stereocenters. The van der Waals surface area contributed by atoms with E-state index in [0.717, 1.165) is 5.56 Å². The van der Waals surface area contributed by atoms with Gasteiger partial charge in [0.15, 0.2) is 0 Å². The fraction of sp³-hybridized carbons (Fsp3) is 0.167. The van der Waals surface area contributed by atoms with Crippen molar-refractivity contribution in [1.82, 2.24) is 9.97 Å². The van der Waals surface area contributed by atoms with E-state index >= 15 is 0 Å². The second-order valence-electron chi connectivity index (χ2n) is 3.84. The zero-order valence-electron chi connectivity index (χ0n) is 10.1. The minimum Gasteiger partial charge on any atom is -0.438 e. The van der Waals surface area contributed by atoms with Crippen LogP contribution in [0.4, 0.5) is 10.3 Å². The van der Waals surface area contributed by atoms with Crippen molar-refractivity contribution in [3.8, 4) is 11.6 Å². The normalized spacial score (nSPS) is 10.2. The monoisotopic (exact) mass is 248 g/mol. The van der Waals surface area contributed by atoms with E-state index in [2.05, 4.69) is 15.4 Å². The van der Waals surface area contributed by atoms with Crippen LogP contribution < -0.4 is 16.0 Å². The summed E-state index contributed by atoms with van der Waals surface area (Å²) in [5.41, 5.74) is 3.62. The number of nitrogens with one attached hydrogen (secondary N) is 1. The van der Waals surface area contributed by atoms with Gasteiger partial charge in [0.1, 0.15) is 11.6 Å². The number of ether oxygens (including phenoxy) is 1. The highest BCUT2D eigenvalue weighted by atomic mass is 19.1. The lowest BCUT2D eigenvalue weighted by molar-refractivity contribution is 0.453. The maximum absolute atomic E-state index is 13.4. The van der Waals surface area contributed by atoms with Crippen LogP contribution in [0.15, 0.2) is 24.4 Å². The van der Waals surface area contributed by atoms with E-state index in [9.17, 15) is 4.39 Å². The van der Waals surface area contributed by atoms with Gasteiger partial charge in [-0.25, -0.2) is 15.2 Å². The number of hydrogen-bond acceptors (Lipinski definition) is 5. The van der Waals surface area contributed by atoms with Gasteiger partial charge in [0.25, 0.3) is 0 Å². The molecule has 0 spiro atoms. The van der Waals surface area contributed by atoms with Crippen LogP contribution in [-0.2, 0) is 0 Å². The number of halogens is 1. The predicted octanol–water partition coefficient (Wildman–Crippen LogP) is 2.31. The predicted molar refractivity (Wildman–Crippen MR) is 65.8 cm³/mol. The Bertz CT molecular complexity index is 574. The number of rotatable bonds is 3. The van der Waals surface area contributed by atoms with Crippen molar-refractivity contribution >= 4 is 5.95 Å². The summed E-state index contributed by atoms with van der Waals surface area (Å²) in [5, 5.41) is 0. The number of benzene rings is 1. The van der Waals surface area contributed by atoms with Crippen molar-refractivity contribution in [3.05, 3.63) is 41.3 Å². The molecular weight excluding hydrogens is 235 g/mol. The molecule has 0 aliphatic rings. The molecule has 94 valence electrons. The van der Waals surface area contributed by atoms with Crippen LogP contribution in [0.2, 0.25) is 0 Å².